The first kappa shape index (κ1) is 18.6. The van der Waals surface area contributed by atoms with Crippen LogP contribution in [0.25, 0.3) is 0 Å². The second kappa shape index (κ2) is 8.98. The van der Waals surface area contributed by atoms with E-state index in [1.807, 2.05) is 36.4 Å². The molecule has 1 fully saturated rings. The molecule has 0 aliphatic heterocycles. The topological polar surface area (TPSA) is 84.5 Å². The van der Waals surface area contributed by atoms with E-state index in [0.29, 0.717) is 5.56 Å². The van der Waals surface area contributed by atoms with Crippen molar-refractivity contribution in [2.45, 2.75) is 31.4 Å². The number of carbonyl (C=O) groups is 3. The van der Waals surface area contributed by atoms with Crippen LogP contribution in [0.4, 0.5) is 0 Å². The molecule has 0 bridgehead atoms. The van der Waals surface area contributed by atoms with Gasteiger partial charge in [0.15, 0.2) is 0 Å². The molecule has 0 aromatic heterocycles. The summed E-state index contributed by atoms with van der Waals surface area (Å²) in [6.45, 7) is -0.286. The summed E-state index contributed by atoms with van der Waals surface area (Å²) < 4.78 is 5.36. The molecule has 1 aliphatic rings. The van der Waals surface area contributed by atoms with Crippen molar-refractivity contribution >= 4 is 17.8 Å². The van der Waals surface area contributed by atoms with Crippen LogP contribution in [0.15, 0.2) is 60.7 Å². The Morgan fingerprint density at radius 1 is 0.963 bits per heavy atom. The van der Waals surface area contributed by atoms with Crippen molar-refractivity contribution in [3.63, 3.8) is 0 Å². The number of nitrogens with one attached hydrogen (secondary N) is 2. The third-order valence-electron chi connectivity index (χ3n) is 4.15. The van der Waals surface area contributed by atoms with Crippen LogP contribution in [-0.2, 0) is 25.5 Å². The van der Waals surface area contributed by atoms with Gasteiger partial charge >= 0.3 is 5.97 Å². The fourth-order valence-electron chi connectivity index (χ4n) is 2.59. The summed E-state index contributed by atoms with van der Waals surface area (Å²) in [5, 5.41) is 5.39. The van der Waals surface area contributed by atoms with Crippen molar-refractivity contribution in [1.82, 2.24) is 10.6 Å². The molecule has 1 atom stereocenters. The van der Waals surface area contributed by atoms with Gasteiger partial charge in [0.2, 0.25) is 12.0 Å². The molecule has 1 aliphatic carbocycles. The van der Waals surface area contributed by atoms with Crippen LogP contribution in [0.5, 0.6) is 0 Å². The highest BCUT2D eigenvalue weighted by atomic mass is 16.5. The summed E-state index contributed by atoms with van der Waals surface area (Å²) in [7, 11) is 0. The standard InChI is InChI=1S/C21H22N2O4/c24-18(13-15-7-3-1-4-8-15)22-14-19(25)27-20(16-9-5-2-6-10-16)21(26)23-17-11-12-17/h1-10,17,20H,11-14H2,(H,22,24)(H,23,26)/t20-/m0/s1. The number of carbonyl (C=O) groups excluding carboxylic acids is 3. The molecule has 0 heterocycles. The Bertz CT molecular complexity index is 788. The minimum absolute atomic E-state index is 0.160. The van der Waals surface area contributed by atoms with Crippen LogP contribution < -0.4 is 10.6 Å². The second-order valence-corrected chi connectivity index (χ2v) is 6.50. The molecule has 2 aromatic rings. The zero-order valence-electron chi connectivity index (χ0n) is 14.9. The Morgan fingerprint density at radius 3 is 2.22 bits per heavy atom. The summed E-state index contributed by atoms with van der Waals surface area (Å²) in [4.78, 5) is 36.6. The van der Waals surface area contributed by atoms with Crippen molar-refractivity contribution in [3.8, 4) is 0 Å². The zero-order chi connectivity index (χ0) is 19.1. The second-order valence-electron chi connectivity index (χ2n) is 6.50. The van der Waals surface area contributed by atoms with E-state index < -0.39 is 12.1 Å². The first-order valence-electron chi connectivity index (χ1n) is 8.97. The monoisotopic (exact) mass is 366 g/mol. The van der Waals surface area contributed by atoms with E-state index in [4.69, 9.17) is 4.74 Å². The lowest BCUT2D eigenvalue weighted by Gasteiger charge is -2.18. The highest BCUT2D eigenvalue weighted by Gasteiger charge is 2.30. The average molecular weight is 366 g/mol. The predicted molar refractivity (Wildman–Crippen MR) is 99.6 cm³/mol. The summed E-state index contributed by atoms with van der Waals surface area (Å²) in [6.07, 6.45) is 1.04. The number of rotatable bonds is 8. The summed E-state index contributed by atoms with van der Waals surface area (Å²) >= 11 is 0. The summed E-state index contributed by atoms with van der Waals surface area (Å²) in [5.41, 5.74) is 1.45. The minimum atomic E-state index is -1.02. The number of ether oxygens (including phenoxy) is 1. The molecule has 2 N–H and O–H groups in total. The lowest BCUT2D eigenvalue weighted by molar-refractivity contribution is -0.156. The van der Waals surface area contributed by atoms with E-state index in [-0.39, 0.29) is 30.8 Å². The highest BCUT2D eigenvalue weighted by Crippen LogP contribution is 2.23. The van der Waals surface area contributed by atoms with Crippen LogP contribution >= 0.6 is 0 Å². The van der Waals surface area contributed by atoms with Gasteiger partial charge < -0.3 is 15.4 Å². The van der Waals surface area contributed by atoms with Crippen molar-refractivity contribution in [2.24, 2.45) is 0 Å². The van der Waals surface area contributed by atoms with Crippen LogP contribution in [0, 0.1) is 0 Å². The molecule has 0 unspecified atom stereocenters. The molecule has 6 heteroatoms. The molecule has 0 saturated heterocycles. The number of esters is 1. The SMILES string of the molecule is O=C(Cc1ccccc1)NCC(=O)O[C@H](C(=O)NC1CC1)c1ccccc1. The summed E-state index contributed by atoms with van der Waals surface area (Å²) in [6, 6.07) is 18.3. The third kappa shape index (κ3) is 5.95. The van der Waals surface area contributed by atoms with Crippen LogP contribution in [0.1, 0.15) is 30.1 Å². The molecule has 3 rings (SSSR count). The number of hydrogen-bond acceptors (Lipinski definition) is 4. The maximum Gasteiger partial charge on any atom is 0.326 e. The Balaban J connectivity index is 1.54. The van der Waals surface area contributed by atoms with Gasteiger partial charge in [-0.1, -0.05) is 60.7 Å². The largest absolute Gasteiger partial charge is 0.446 e. The lowest BCUT2D eigenvalue weighted by atomic mass is 10.1. The Hall–Kier alpha value is -3.15. The van der Waals surface area contributed by atoms with Gasteiger partial charge in [-0.2, -0.15) is 0 Å². The van der Waals surface area contributed by atoms with E-state index in [2.05, 4.69) is 10.6 Å². The van der Waals surface area contributed by atoms with E-state index in [9.17, 15) is 14.4 Å². The Kier molecular flexibility index (Phi) is 6.20. The Labute approximate surface area is 157 Å². The van der Waals surface area contributed by atoms with Gasteiger partial charge in [0, 0.05) is 11.6 Å². The van der Waals surface area contributed by atoms with Gasteiger partial charge in [-0.15, -0.1) is 0 Å². The molecule has 1 saturated carbocycles. The molecule has 140 valence electrons. The number of hydrogen-bond donors (Lipinski definition) is 2. The van der Waals surface area contributed by atoms with Gasteiger partial charge in [0.05, 0.1) is 6.42 Å². The molecule has 27 heavy (non-hydrogen) atoms. The van der Waals surface area contributed by atoms with E-state index in [0.717, 1.165) is 18.4 Å². The van der Waals surface area contributed by atoms with Gasteiger partial charge in [-0.05, 0) is 18.4 Å². The molecular weight excluding hydrogens is 344 g/mol. The first-order chi connectivity index (χ1) is 13.1. The van der Waals surface area contributed by atoms with Crippen molar-refractivity contribution < 1.29 is 19.1 Å². The third-order valence-corrected chi connectivity index (χ3v) is 4.15. The fraction of sp³-hybridized carbons (Fsp3) is 0.286. The Morgan fingerprint density at radius 2 is 1.59 bits per heavy atom. The quantitative estimate of drug-likeness (QED) is 0.699. The van der Waals surface area contributed by atoms with Crippen LogP contribution in [0.3, 0.4) is 0 Å². The van der Waals surface area contributed by atoms with Crippen molar-refractivity contribution in [3.05, 3.63) is 71.8 Å². The molecule has 2 amide bonds. The highest BCUT2D eigenvalue weighted by molar-refractivity contribution is 5.87. The molecular formula is C21H22N2O4. The average Bonchev–Trinajstić information content (AvgIpc) is 3.50. The van der Waals surface area contributed by atoms with E-state index >= 15 is 0 Å². The van der Waals surface area contributed by atoms with Gasteiger partial charge in [-0.25, -0.2) is 0 Å². The minimum Gasteiger partial charge on any atom is -0.446 e. The number of benzene rings is 2. The maximum absolute atomic E-state index is 12.4. The van der Waals surface area contributed by atoms with Crippen LogP contribution in [-0.4, -0.2) is 30.4 Å². The van der Waals surface area contributed by atoms with Gasteiger partial charge in [0.25, 0.3) is 5.91 Å². The normalized spacial score (nSPS) is 14.1. The number of amides is 2. The smallest absolute Gasteiger partial charge is 0.326 e. The van der Waals surface area contributed by atoms with Crippen LogP contribution in [0.2, 0.25) is 0 Å². The molecule has 2 aromatic carbocycles. The van der Waals surface area contributed by atoms with E-state index in [1.165, 1.54) is 0 Å². The molecule has 6 nitrogen and oxygen atoms in total. The summed E-state index contributed by atoms with van der Waals surface area (Å²) in [5.74, 6) is -1.28. The lowest BCUT2D eigenvalue weighted by Crippen LogP contribution is -2.37. The maximum atomic E-state index is 12.4. The van der Waals surface area contributed by atoms with E-state index in [1.54, 1.807) is 24.3 Å². The predicted octanol–water partition coefficient (Wildman–Crippen LogP) is 1.91. The molecule has 0 radical (unpaired) electrons. The van der Waals surface area contributed by atoms with Gasteiger partial charge in [0.1, 0.15) is 6.54 Å². The zero-order valence-corrected chi connectivity index (χ0v) is 14.9. The van der Waals surface area contributed by atoms with Gasteiger partial charge in [-0.3, -0.25) is 14.4 Å². The first-order valence-corrected chi connectivity index (χ1v) is 8.97. The fourth-order valence-corrected chi connectivity index (χ4v) is 2.59. The molecule has 0 spiro atoms. The van der Waals surface area contributed by atoms with Crippen molar-refractivity contribution in [1.29, 1.82) is 0 Å². The van der Waals surface area contributed by atoms with Crippen molar-refractivity contribution in [2.75, 3.05) is 6.54 Å².